The third-order valence-electron chi connectivity index (χ3n) is 2.67. The highest BCUT2D eigenvalue weighted by Gasteiger charge is 2.24. The molecule has 1 unspecified atom stereocenters. The first-order valence-electron chi connectivity index (χ1n) is 5.38. The van der Waals surface area contributed by atoms with Crippen LogP contribution < -0.4 is 5.32 Å². The molecule has 1 rings (SSSR count). The van der Waals surface area contributed by atoms with E-state index in [4.69, 9.17) is 6.42 Å². The Kier molecular flexibility index (Phi) is 4.10. The summed E-state index contributed by atoms with van der Waals surface area (Å²) in [5, 5.41) is 13.9. The van der Waals surface area contributed by atoms with Gasteiger partial charge in [0.1, 0.15) is 0 Å². The van der Waals surface area contributed by atoms with E-state index in [2.05, 4.69) is 16.2 Å². The average Bonchev–Trinajstić information content (AvgIpc) is 2.56. The summed E-state index contributed by atoms with van der Waals surface area (Å²) in [7, 11) is 1.74. The van der Waals surface area contributed by atoms with E-state index >= 15 is 0 Å². The lowest BCUT2D eigenvalue weighted by Gasteiger charge is -2.15. The van der Waals surface area contributed by atoms with Gasteiger partial charge in [-0.15, -0.1) is 12.3 Å². The Hall–Kier alpha value is -2.03. The number of hydrogen-bond acceptors (Lipinski definition) is 4. The van der Waals surface area contributed by atoms with Crippen molar-refractivity contribution < 1.29 is 4.92 Å². The first kappa shape index (κ1) is 13.0. The van der Waals surface area contributed by atoms with Crippen molar-refractivity contribution in [3.8, 4) is 12.3 Å². The topological polar surface area (TPSA) is 73.0 Å². The fourth-order valence-corrected chi connectivity index (χ4v) is 1.51. The summed E-state index contributed by atoms with van der Waals surface area (Å²) in [4.78, 5) is 14.3. The van der Waals surface area contributed by atoms with Crippen LogP contribution in [0.2, 0.25) is 0 Å². The first-order valence-corrected chi connectivity index (χ1v) is 5.38. The highest BCUT2D eigenvalue weighted by Crippen LogP contribution is 2.25. The zero-order valence-corrected chi connectivity index (χ0v) is 10.2. The van der Waals surface area contributed by atoms with Crippen LogP contribution in [-0.4, -0.2) is 20.5 Å². The third kappa shape index (κ3) is 2.75. The summed E-state index contributed by atoms with van der Waals surface area (Å²) in [6.45, 7) is 3.70. The number of terminal acetylenes is 1. The number of aromatic nitrogens is 2. The molecule has 0 aliphatic heterocycles. The number of aryl methyl sites for hydroxylation is 1. The summed E-state index contributed by atoms with van der Waals surface area (Å²) in [5.74, 6) is 3.40. The molecule has 0 saturated carbocycles. The van der Waals surface area contributed by atoms with Gasteiger partial charge in [-0.05, 0) is 16.3 Å². The van der Waals surface area contributed by atoms with Gasteiger partial charge in [-0.25, -0.2) is 0 Å². The quantitative estimate of drug-likeness (QED) is 0.481. The number of rotatable bonds is 5. The molecule has 0 bridgehead atoms. The van der Waals surface area contributed by atoms with Crippen molar-refractivity contribution in [2.24, 2.45) is 7.05 Å². The van der Waals surface area contributed by atoms with E-state index in [-0.39, 0.29) is 11.9 Å². The van der Waals surface area contributed by atoms with Crippen LogP contribution in [0.25, 0.3) is 0 Å². The Morgan fingerprint density at radius 1 is 1.71 bits per heavy atom. The minimum atomic E-state index is -0.488. The van der Waals surface area contributed by atoms with E-state index in [1.807, 2.05) is 6.92 Å². The van der Waals surface area contributed by atoms with Crippen LogP contribution in [0.15, 0.2) is 0 Å². The highest BCUT2D eigenvalue weighted by molar-refractivity contribution is 5.54. The smallest absolute Gasteiger partial charge is 0.361 e. The second-order valence-corrected chi connectivity index (χ2v) is 3.81. The van der Waals surface area contributed by atoms with Crippen LogP contribution in [0.5, 0.6) is 0 Å². The van der Waals surface area contributed by atoms with Crippen LogP contribution in [0.3, 0.4) is 0 Å². The van der Waals surface area contributed by atoms with E-state index in [0.29, 0.717) is 18.1 Å². The van der Waals surface area contributed by atoms with E-state index in [1.165, 1.54) is 0 Å². The average molecular weight is 236 g/mol. The molecule has 6 heteroatoms. The van der Waals surface area contributed by atoms with Gasteiger partial charge >= 0.3 is 5.82 Å². The fourth-order valence-electron chi connectivity index (χ4n) is 1.51. The Morgan fingerprint density at radius 2 is 2.35 bits per heavy atom. The molecule has 0 amide bonds. The monoisotopic (exact) mass is 236 g/mol. The SMILES string of the molecule is C#CCC(CC)Nc1c([N+](=O)[O-])nc(C)n1C. The molecule has 1 N–H and O–H groups in total. The van der Waals surface area contributed by atoms with Crippen molar-refractivity contribution in [1.82, 2.24) is 9.55 Å². The summed E-state index contributed by atoms with van der Waals surface area (Å²) in [6, 6.07) is 0.0218. The van der Waals surface area contributed by atoms with Crippen LogP contribution in [-0.2, 0) is 7.05 Å². The van der Waals surface area contributed by atoms with Crippen molar-refractivity contribution in [3.63, 3.8) is 0 Å². The molecule has 0 saturated heterocycles. The molecule has 0 fully saturated rings. The Bertz CT molecular complexity index is 459. The Balaban J connectivity index is 3.04. The van der Waals surface area contributed by atoms with Gasteiger partial charge in [0.25, 0.3) is 0 Å². The zero-order chi connectivity index (χ0) is 13.0. The van der Waals surface area contributed by atoms with Crippen LogP contribution in [0.1, 0.15) is 25.6 Å². The number of nitro groups is 1. The van der Waals surface area contributed by atoms with Gasteiger partial charge in [0.2, 0.25) is 11.6 Å². The second kappa shape index (κ2) is 5.34. The molecule has 0 aromatic carbocycles. The lowest BCUT2D eigenvalue weighted by molar-refractivity contribution is -0.388. The maximum Gasteiger partial charge on any atom is 0.406 e. The number of hydrogen-bond donors (Lipinski definition) is 1. The largest absolute Gasteiger partial charge is 0.406 e. The summed E-state index contributed by atoms with van der Waals surface area (Å²) >= 11 is 0. The Labute approximate surface area is 100 Å². The predicted molar refractivity (Wildman–Crippen MR) is 65.8 cm³/mol. The first-order chi connectivity index (χ1) is 8.01. The van der Waals surface area contributed by atoms with Crippen molar-refractivity contribution in [1.29, 1.82) is 0 Å². The van der Waals surface area contributed by atoms with Gasteiger partial charge in [-0.3, -0.25) is 4.57 Å². The lowest BCUT2D eigenvalue weighted by Crippen LogP contribution is -2.20. The summed E-state index contributed by atoms with van der Waals surface area (Å²) in [5.41, 5.74) is 0. The number of nitrogens with zero attached hydrogens (tertiary/aromatic N) is 3. The van der Waals surface area contributed by atoms with Crippen molar-refractivity contribution in [3.05, 3.63) is 15.9 Å². The molecule has 0 aliphatic rings. The molecular formula is C11H16N4O2. The molecule has 1 atom stereocenters. The van der Waals surface area contributed by atoms with Crippen molar-refractivity contribution >= 4 is 11.6 Å². The van der Waals surface area contributed by atoms with E-state index in [1.54, 1.807) is 18.5 Å². The molecule has 1 heterocycles. The van der Waals surface area contributed by atoms with Crippen molar-refractivity contribution in [2.45, 2.75) is 32.7 Å². The van der Waals surface area contributed by atoms with E-state index in [9.17, 15) is 10.1 Å². The molecule has 1 aromatic rings. The van der Waals surface area contributed by atoms with Gasteiger partial charge in [0.05, 0.1) is 0 Å². The van der Waals surface area contributed by atoms with Gasteiger partial charge in [0, 0.05) is 26.4 Å². The van der Waals surface area contributed by atoms with Crippen LogP contribution in [0.4, 0.5) is 11.6 Å². The molecule has 1 aromatic heterocycles. The van der Waals surface area contributed by atoms with Crippen molar-refractivity contribution in [2.75, 3.05) is 5.32 Å². The van der Waals surface area contributed by atoms with Crippen LogP contribution >= 0.6 is 0 Å². The minimum Gasteiger partial charge on any atom is -0.361 e. The lowest BCUT2D eigenvalue weighted by atomic mass is 10.1. The molecule has 0 radical (unpaired) electrons. The second-order valence-electron chi connectivity index (χ2n) is 3.81. The number of anilines is 1. The van der Waals surface area contributed by atoms with Crippen LogP contribution in [0, 0.1) is 29.4 Å². The predicted octanol–water partition coefficient (Wildman–Crippen LogP) is 1.85. The molecule has 17 heavy (non-hydrogen) atoms. The standard InChI is InChI=1S/C11H16N4O2/c1-5-7-9(6-2)13-10-11(15(16)17)12-8(3)14(10)4/h1,9,13H,6-7H2,2-4H3. The molecule has 0 aliphatic carbocycles. The van der Waals surface area contributed by atoms with E-state index < -0.39 is 4.92 Å². The minimum absolute atomic E-state index is 0.0218. The molecule has 6 nitrogen and oxygen atoms in total. The fraction of sp³-hybridized carbons (Fsp3) is 0.545. The molecule has 0 spiro atoms. The van der Waals surface area contributed by atoms with Gasteiger partial charge in [-0.2, -0.15) is 0 Å². The van der Waals surface area contributed by atoms with E-state index in [0.717, 1.165) is 6.42 Å². The maximum absolute atomic E-state index is 10.9. The Morgan fingerprint density at radius 3 is 2.82 bits per heavy atom. The number of nitrogens with one attached hydrogen (secondary N) is 1. The normalized spacial score (nSPS) is 11.9. The third-order valence-corrected chi connectivity index (χ3v) is 2.67. The zero-order valence-electron chi connectivity index (χ0n) is 10.2. The number of imidazole rings is 1. The maximum atomic E-state index is 10.9. The highest BCUT2D eigenvalue weighted by atomic mass is 16.6. The van der Waals surface area contributed by atoms with Gasteiger partial charge in [-0.1, -0.05) is 6.92 Å². The summed E-state index contributed by atoms with van der Waals surface area (Å²) < 4.78 is 1.66. The molecule has 92 valence electrons. The summed E-state index contributed by atoms with van der Waals surface area (Å²) in [6.07, 6.45) is 6.58. The molecular weight excluding hydrogens is 220 g/mol. The van der Waals surface area contributed by atoms with Gasteiger partial charge < -0.3 is 15.4 Å². The van der Waals surface area contributed by atoms with Gasteiger partial charge in [0.15, 0.2) is 0 Å².